The van der Waals surface area contributed by atoms with Crippen molar-refractivity contribution < 1.29 is 9.34 Å². The molecule has 122 valence electrons. The Labute approximate surface area is 148 Å². The van der Waals surface area contributed by atoms with Crippen LogP contribution < -0.4 is 0 Å². The Balaban J connectivity index is 1.95. The maximum absolute atomic E-state index is 10.9. The third kappa shape index (κ3) is 3.77. The number of nitro benzene ring substituents is 1. The van der Waals surface area contributed by atoms with Gasteiger partial charge in [0.25, 0.3) is 5.69 Å². The molecular weight excluding hydrogens is 340 g/mol. The number of nitriles is 1. The smallest absolute Gasteiger partial charge is 0.270 e. The van der Waals surface area contributed by atoms with Gasteiger partial charge in [0.15, 0.2) is 0 Å². The van der Waals surface area contributed by atoms with Gasteiger partial charge in [0.2, 0.25) is 0 Å². The first-order chi connectivity index (χ1) is 12.1. The van der Waals surface area contributed by atoms with E-state index < -0.39 is 4.92 Å². The van der Waals surface area contributed by atoms with Crippen molar-refractivity contribution in [3.63, 3.8) is 0 Å². The van der Waals surface area contributed by atoms with Crippen LogP contribution in [0.3, 0.4) is 0 Å². The molecule has 0 radical (unpaired) electrons. The molecule has 0 bridgehead atoms. The highest BCUT2D eigenvalue weighted by atomic mass is 35.5. The van der Waals surface area contributed by atoms with Crippen LogP contribution in [-0.4, -0.2) is 4.92 Å². The number of non-ortho nitro benzene ring substituents is 1. The third-order valence-electron chi connectivity index (χ3n) is 3.51. The van der Waals surface area contributed by atoms with E-state index in [2.05, 4.69) is 0 Å². The van der Waals surface area contributed by atoms with Crippen molar-refractivity contribution in [2.75, 3.05) is 0 Å². The average molecular weight is 351 g/mol. The Morgan fingerprint density at radius 2 is 1.96 bits per heavy atom. The number of nitrogens with zero attached hydrogens (tertiary/aromatic N) is 2. The molecule has 0 N–H and O–H groups in total. The van der Waals surface area contributed by atoms with E-state index in [0.29, 0.717) is 22.1 Å². The zero-order valence-corrected chi connectivity index (χ0v) is 13.6. The van der Waals surface area contributed by atoms with Crippen LogP contribution in [0.1, 0.15) is 11.3 Å². The molecule has 0 saturated carbocycles. The summed E-state index contributed by atoms with van der Waals surface area (Å²) in [6, 6.07) is 18.7. The third-order valence-corrected chi connectivity index (χ3v) is 3.75. The molecule has 0 atom stereocenters. The molecule has 1 aromatic heterocycles. The SMILES string of the molecule is N#C/C(=C/c1ccc(-c2cccc(Cl)c2)o1)c1cccc([N+](=O)[O-])c1. The number of benzene rings is 2. The molecule has 0 aliphatic heterocycles. The molecule has 0 saturated heterocycles. The summed E-state index contributed by atoms with van der Waals surface area (Å²) in [7, 11) is 0. The first-order valence-electron chi connectivity index (χ1n) is 7.29. The molecule has 2 aromatic carbocycles. The lowest BCUT2D eigenvalue weighted by molar-refractivity contribution is -0.384. The normalized spacial score (nSPS) is 11.1. The van der Waals surface area contributed by atoms with Crippen molar-refractivity contribution in [1.29, 1.82) is 5.26 Å². The first-order valence-corrected chi connectivity index (χ1v) is 7.67. The molecule has 0 aliphatic rings. The van der Waals surface area contributed by atoms with Crippen LogP contribution in [0.25, 0.3) is 23.0 Å². The summed E-state index contributed by atoms with van der Waals surface area (Å²) in [5, 5.41) is 20.9. The summed E-state index contributed by atoms with van der Waals surface area (Å²) in [5.41, 5.74) is 1.48. The number of furan rings is 1. The summed E-state index contributed by atoms with van der Waals surface area (Å²) < 4.78 is 5.74. The first kappa shape index (κ1) is 16.5. The van der Waals surface area contributed by atoms with Gasteiger partial charge in [-0.1, -0.05) is 35.9 Å². The fourth-order valence-electron chi connectivity index (χ4n) is 2.34. The molecular formula is C19H11ClN2O3. The second-order valence-electron chi connectivity index (χ2n) is 5.19. The number of hydrogen-bond acceptors (Lipinski definition) is 4. The van der Waals surface area contributed by atoms with Crippen molar-refractivity contribution in [2.24, 2.45) is 0 Å². The van der Waals surface area contributed by atoms with Crippen LogP contribution in [0.15, 0.2) is 65.1 Å². The van der Waals surface area contributed by atoms with Gasteiger partial charge in [0.1, 0.15) is 11.5 Å². The topological polar surface area (TPSA) is 80.1 Å². The lowest BCUT2D eigenvalue weighted by Crippen LogP contribution is -1.89. The van der Waals surface area contributed by atoms with E-state index in [1.54, 1.807) is 36.4 Å². The minimum Gasteiger partial charge on any atom is -0.457 e. The van der Waals surface area contributed by atoms with Crippen LogP contribution in [0.2, 0.25) is 5.02 Å². The maximum Gasteiger partial charge on any atom is 0.270 e. The van der Waals surface area contributed by atoms with Gasteiger partial charge in [-0.3, -0.25) is 10.1 Å². The van der Waals surface area contributed by atoms with Gasteiger partial charge >= 0.3 is 0 Å². The number of halogens is 1. The van der Waals surface area contributed by atoms with E-state index in [1.807, 2.05) is 18.2 Å². The Morgan fingerprint density at radius 1 is 1.16 bits per heavy atom. The van der Waals surface area contributed by atoms with Crippen molar-refractivity contribution in [3.8, 4) is 17.4 Å². The van der Waals surface area contributed by atoms with E-state index in [4.69, 9.17) is 16.0 Å². The second kappa shape index (κ2) is 7.04. The van der Waals surface area contributed by atoms with Gasteiger partial charge in [0, 0.05) is 22.7 Å². The van der Waals surface area contributed by atoms with Crippen LogP contribution in [0.4, 0.5) is 5.69 Å². The van der Waals surface area contributed by atoms with Crippen LogP contribution in [0, 0.1) is 21.4 Å². The molecule has 6 heteroatoms. The van der Waals surface area contributed by atoms with E-state index in [-0.39, 0.29) is 11.3 Å². The van der Waals surface area contributed by atoms with Crippen LogP contribution in [-0.2, 0) is 0 Å². The van der Waals surface area contributed by atoms with Crippen molar-refractivity contribution in [2.45, 2.75) is 0 Å². The number of hydrogen-bond donors (Lipinski definition) is 0. The summed E-state index contributed by atoms with van der Waals surface area (Å²) >= 11 is 5.98. The largest absolute Gasteiger partial charge is 0.457 e. The zero-order chi connectivity index (χ0) is 17.8. The molecule has 3 rings (SSSR count). The monoisotopic (exact) mass is 350 g/mol. The summed E-state index contributed by atoms with van der Waals surface area (Å²) in [6.07, 6.45) is 1.55. The number of rotatable bonds is 4. The van der Waals surface area contributed by atoms with Gasteiger partial charge in [-0.2, -0.15) is 5.26 Å². The fraction of sp³-hybridized carbons (Fsp3) is 0. The minimum atomic E-state index is -0.497. The molecule has 0 unspecified atom stereocenters. The standard InChI is InChI=1S/C19H11ClN2O3/c20-16-5-1-4-14(9-16)19-8-7-18(25-19)11-15(12-21)13-3-2-6-17(10-13)22(23)24/h1-11H/b15-11-. The lowest BCUT2D eigenvalue weighted by Gasteiger charge is -1.99. The number of allylic oxidation sites excluding steroid dienone is 1. The quantitative estimate of drug-likeness (QED) is 0.350. The molecule has 1 heterocycles. The van der Waals surface area contributed by atoms with Crippen molar-refractivity contribution in [3.05, 3.63) is 87.1 Å². The lowest BCUT2D eigenvalue weighted by atomic mass is 10.1. The Morgan fingerprint density at radius 3 is 2.68 bits per heavy atom. The summed E-state index contributed by atoms with van der Waals surface area (Å²) in [5.74, 6) is 1.09. The fourth-order valence-corrected chi connectivity index (χ4v) is 2.53. The zero-order valence-electron chi connectivity index (χ0n) is 12.8. The Bertz CT molecular complexity index is 1020. The molecule has 0 amide bonds. The maximum atomic E-state index is 10.9. The molecule has 0 fully saturated rings. The molecule has 3 aromatic rings. The Kier molecular flexibility index (Phi) is 4.64. The predicted octanol–water partition coefficient (Wildman–Crippen LogP) is 5.57. The highest BCUT2D eigenvalue weighted by Crippen LogP contribution is 2.27. The summed E-state index contributed by atoms with van der Waals surface area (Å²) in [6.45, 7) is 0. The Hall–Kier alpha value is -3.36. The van der Waals surface area contributed by atoms with Crippen molar-refractivity contribution in [1.82, 2.24) is 0 Å². The molecule has 0 spiro atoms. The molecule has 5 nitrogen and oxygen atoms in total. The van der Waals surface area contributed by atoms with Gasteiger partial charge < -0.3 is 4.42 Å². The van der Waals surface area contributed by atoms with Crippen molar-refractivity contribution >= 4 is 28.9 Å². The number of nitro groups is 1. The molecule has 25 heavy (non-hydrogen) atoms. The summed E-state index contributed by atoms with van der Waals surface area (Å²) in [4.78, 5) is 10.4. The highest BCUT2D eigenvalue weighted by Gasteiger charge is 2.10. The minimum absolute atomic E-state index is 0.0716. The van der Waals surface area contributed by atoms with Crippen LogP contribution in [0.5, 0.6) is 0 Å². The van der Waals surface area contributed by atoms with E-state index in [1.165, 1.54) is 18.2 Å². The van der Waals surface area contributed by atoms with Crippen LogP contribution >= 0.6 is 11.6 Å². The van der Waals surface area contributed by atoms with E-state index >= 15 is 0 Å². The predicted molar refractivity (Wildman–Crippen MR) is 95.7 cm³/mol. The highest BCUT2D eigenvalue weighted by molar-refractivity contribution is 6.30. The molecule has 0 aliphatic carbocycles. The average Bonchev–Trinajstić information content (AvgIpc) is 3.08. The van der Waals surface area contributed by atoms with Gasteiger partial charge in [-0.25, -0.2) is 0 Å². The van der Waals surface area contributed by atoms with Gasteiger partial charge in [-0.05, 0) is 35.9 Å². The van der Waals surface area contributed by atoms with Gasteiger partial charge in [0.05, 0.1) is 16.6 Å². The van der Waals surface area contributed by atoms with E-state index in [0.717, 1.165) is 5.56 Å². The van der Waals surface area contributed by atoms with E-state index in [9.17, 15) is 15.4 Å². The van der Waals surface area contributed by atoms with Gasteiger partial charge in [-0.15, -0.1) is 0 Å². The second-order valence-corrected chi connectivity index (χ2v) is 5.63.